The van der Waals surface area contributed by atoms with Crippen molar-refractivity contribution in [2.24, 2.45) is 0 Å². The first-order valence-electron chi connectivity index (χ1n) is 11.9. The first-order valence-corrected chi connectivity index (χ1v) is 11.9. The largest absolute Gasteiger partial charge is 0.497 e. The van der Waals surface area contributed by atoms with Gasteiger partial charge in [-0.2, -0.15) is 0 Å². The summed E-state index contributed by atoms with van der Waals surface area (Å²) in [5.74, 6) is 1.71. The third kappa shape index (κ3) is 5.55. The van der Waals surface area contributed by atoms with Crippen LogP contribution < -0.4 is 14.4 Å². The molecule has 32 heavy (non-hydrogen) atoms. The van der Waals surface area contributed by atoms with Gasteiger partial charge in [0.25, 0.3) is 0 Å². The van der Waals surface area contributed by atoms with E-state index in [9.17, 15) is 5.11 Å². The Balaban J connectivity index is 1.30. The normalized spacial score (nSPS) is 20.3. The number of nitrogens with zero attached hydrogens (tertiary/aromatic N) is 3. The standard InChI is InChI=1S/C26H37N3O3/c1-3-32-26-11-6-21(17-22(26)20-30)18-27-12-4-5-24(19-27)29-15-13-28(14-16-29)23-7-9-25(31-2)10-8-23/h6-11,17,24,30H,3-5,12-16,18-20H2,1-2H3/t24-/m1/s1. The molecule has 0 spiro atoms. The summed E-state index contributed by atoms with van der Waals surface area (Å²) < 4.78 is 10.9. The van der Waals surface area contributed by atoms with Gasteiger partial charge in [0.15, 0.2) is 0 Å². The minimum Gasteiger partial charge on any atom is -0.497 e. The molecule has 0 bridgehead atoms. The Morgan fingerprint density at radius 3 is 2.47 bits per heavy atom. The minimum atomic E-state index is 0.0181. The number of anilines is 1. The van der Waals surface area contributed by atoms with Crippen molar-refractivity contribution in [3.63, 3.8) is 0 Å². The third-order valence-corrected chi connectivity index (χ3v) is 6.75. The van der Waals surface area contributed by atoms with Crippen molar-refractivity contribution in [3.05, 3.63) is 53.6 Å². The van der Waals surface area contributed by atoms with Crippen molar-refractivity contribution in [2.75, 3.05) is 57.9 Å². The lowest BCUT2D eigenvalue weighted by Gasteiger charge is -2.44. The van der Waals surface area contributed by atoms with Crippen molar-refractivity contribution in [3.8, 4) is 11.5 Å². The highest BCUT2D eigenvalue weighted by Crippen LogP contribution is 2.25. The second-order valence-corrected chi connectivity index (χ2v) is 8.79. The van der Waals surface area contributed by atoms with E-state index in [1.807, 2.05) is 25.1 Å². The SMILES string of the molecule is CCOc1ccc(CN2CCC[C@@H](N3CCN(c4ccc(OC)cc4)CC3)C2)cc1CO. The molecular formula is C26H37N3O3. The lowest BCUT2D eigenvalue weighted by atomic mass is 10.0. The highest BCUT2D eigenvalue weighted by atomic mass is 16.5. The zero-order chi connectivity index (χ0) is 22.3. The van der Waals surface area contributed by atoms with Gasteiger partial charge in [-0.05, 0) is 68.3 Å². The maximum absolute atomic E-state index is 9.71. The molecule has 2 aliphatic heterocycles. The number of rotatable bonds is 8. The quantitative estimate of drug-likeness (QED) is 0.681. The van der Waals surface area contributed by atoms with Crippen LogP contribution in [0, 0.1) is 0 Å². The van der Waals surface area contributed by atoms with Crippen LogP contribution in [-0.4, -0.2) is 73.9 Å². The van der Waals surface area contributed by atoms with Gasteiger partial charge in [0.2, 0.25) is 0 Å². The summed E-state index contributed by atoms with van der Waals surface area (Å²) in [6, 6.07) is 15.3. The molecule has 4 rings (SSSR count). The topological polar surface area (TPSA) is 48.4 Å². The number of likely N-dealkylation sites (tertiary alicyclic amines) is 1. The summed E-state index contributed by atoms with van der Waals surface area (Å²) in [4.78, 5) is 7.73. The zero-order valence-corrected chi connectivity index (χ0v) is 19.5. The lowest BCUT2D eigenvalue weighted by molar-refractivity contribution is 0.0887. The molecule has 0 aromatic heterocycles. The summed E-state index contributed by atoms with van der Waals surface area (Å²) in [7, 11) is 1.71. The van der Waals surface area contributed by atoms with Crippen LogP contribution >= 0.6 is 0 Å². The molecule has 2 aromatic rings. The molecule has 174 valence electrons. The van der Waals surface area contributed by atoms with Crippen molar-refractivity contribution >= 4 is 5.69 Å². The van der Waals surface area contributed by atoms with Gasteiger partial charge in [-0.25, -0.2) is 0 Å². The van der Waals surface area contributed by atoms with Gasteiger partial charge in [-0.3, -0.25) is 9.80 Å². The van der Waals surface area contributed by atoms with Gasteiger partial charge in [0.05, 0.1) is 20.3 Å². The van der Waals surface area contributed by atoms with E-state index < -0.39 is 0 Å². The van der Waals surface area contributed by atoms with Crippen LogP contribution in [0.4, 0.5) is 5.69 Å². The van der Waals surface area contributed by atoms with Crippen LogP contribution in [-0.2, 0) is 13.2 Å². The smallest absolute Gasteiger partial charge is 0.124 e. The summed E-state index contributed by atoms with van der Waals surface area (Å²) in [5, 5.41) is 9.71. The van der Waals surface area contributed by atoms with Crippen LogP contribution in [0.2, 0.25) is 0 Å². The first-order chi connectivity index (χ1) is 15.7. The van der Waals surface area contributed by atoms with E-state index in [2.05, 4.69) is 39.0 Å². The van der Waals surface area contributed by atoms with Crippen LogP contribution in [0.15, 0.2) is 42.5 Å². The Labute approximate surface area is 192 Å². The highest BCUT2D eigenvalue weighted by molar-refractivity contribution is 5.49. The number of methoxy groups -OCH3 is 1. The molecular weight excluding hydrogens is 402 g/mol. The maximum Gasteiger partial charge on any atom is 0.124 e. The van der Waals surface area contributed by atoms with Gasteiger partial charge >= 0.3 is 0 Å². The second kappa shape index (κ2) is 11.0. The van der Waals surface area contributed by atoms with E-state index in [0.717, 1.165) is 62.9 Å². The fourth-order valence-corrected chi connectivity index (χ4v) is 5.02. The Morgan fingerprint density at radius 1 is 1.00 bits per heavy atom. The summed E-state index contributed by atoms with van der Waals surface area (Å²) in [6.45, 7) is 10.2. The number of aliphatic hydroxyl groups excluding tert-OH is 1. The van der Waals surface area contributed by atoms with E-state index in [0.29, 0.717) is 12.6 Å². The van der Waals surface area contributed by atoms with E-state index in [1.54, 1.807) is 7.11 Å². The summed E-state index contributed by atoms with van der Waals surface area (Å²) in [6.07, 6.45) is 2.53. The van der Waals surface area contributed by atoms with Crippen LogP contribution in [0.5, 0.6) is 11.5 Å². The predicted octanol–water partition coefficient (Wildman–Crippen LogP) is 3.37. The molecule has 0 unspecified atom stereocenters. The van der Waals surface area contributed by atoms with Crippen LogP contribution in [0.25, 0.3) is 0 Å². The Hall–Kier alpha value is -2.28. The van der Waals surface area contributed by atoms with E-state index in [1.165, 1.54) is 24.1 Å². The molecule has 2 aromatic carbocycles. The van der Waals surface area contributed by atoms with Gasteiger partial charge in [0.1, 0.15) is 11.5 Å². The second-order valence-electron chi connectivity index (χ2n) is 8.79. The molecule has 0 saturated carbocycles. The third-order valence-electron chi connectivity index (χ3n) is 6.75. The van der Waals surface area contributed by atoms with Gasteiger partial charge in [-0.1, -0.05) is 6.07 Å². The van der Waals surface area contributed by atoms with Gasteiger partial charge in [0, 0.05) is 56.6 Å². The molecule has 1 atom stereocenters. The number of piperazine rings is 1. The molecule has 2 heterocycles. The Kier molecular flexibility index (Phi) is 7.90. The molecule has 6 nitrogen and oxygen atoms in total. The number of hydrogen-bond donors (Lipinski definition) is 1. The minimum absolute atomic E-state index is 0.0181. The van der Waals surface area contributed by atoms with Gasteiger partial charge < -0.3 is 19.5 Å². The Bertz CT molecular complexity index is 850. The first kappa shape index (κ1) is 22.9. The number of piperidine rings is 1. The zero-order valence-electron chi connectivity index (χ0n) is 19.5. The highest BCUT2D eigenvalue weighted by Gasteiger charge is 2.28. The van der Waals surface area contributed by atoms with Crippen molar-refractivity contribution in [2.45, 2.75) is 39.0 Å². The molecule has 2 fully saturated rings. The van der Waals surface area contributed by atoms with E-state index in [4.69, 9.17) is 9.47 Å². The lowest BCUT2D eigenvalue weighted by Crippen LogP contribution is -2.55. The van der Waals surface area contributed by atoms with Gasteiger partial charge in [-0.15, -0.1) is 0 Å². The molecule has 0 radical (unpaired) electrons. The number of ether oxygens (including phenoxy) is 2. The molecule has 1 N–H and O–H groups in total. The number of benzene rings is 2. The number of hydrogen-bond acceptors (Lipinski definition) is 6. The fraction of sp³-hybridized carbons (Fsp3) is 0.538. The van der Waals surface area contributed by atoms with Crippen LogP contribution in [0.1, 0.15) is 30.9 Å². The van der Waals surface area contributed by atoms with Crippen molar-refractivity contribution < 1.29 is 14.6 Å². The maximum atomic E-state index is 9.71. The Morgan fingerprint density at radius 2 is 1.78 bits per heavy atom. The van der Waals surface area contributed by atoms with E-state index >= 15 is 0 Å². The summed E-state index contributed by atoms with van der Waals surface area (Å²) in [5.41, 5.74) is 3.42. The molecule has 0 amide bonds. The average molecular weight is 440 g/mol. The molecule has 2 aliphatic rings. The van der Waals surface area contributed by atoms with Crippen molar-refractivity contribution in [1.82, 2.24) is 9.80 Å². The fourth-order valence-electron chi connectivity index (χ4n) is 5.02. The van der Waals surface area contributed by atoms with E-state index in [-0.39, 0.29) is 6.61 Å². The van der Waals surface area contributed by atoms with Crippen LogP contribution in [0.3, 0.4) is 0 Å². The molecule has 6 heteroatoms. The number of aliphatic hydroxyl groups is 1. The molecule has 2 saturated heterocycles. The molecule has 0 aliphatic carbocycles. The monoisotopic (exact) mass is 439 g/mol. The van der Waals surface area contributed by atoms with Crippen molar-refractivity contribution in [1.29, 1.82) is 0 Å². The summed E-state index contributed by atoms with van der Waals surface area (Å²) >= 11 is 0. The average Bonchev–Trinajstić information content (AvgIpc) is 2.85. The predicted molar refractivity (Wildman–Crippen MR) is 129 cm³/mol.